The van der Waals surface area contributed by atoms with Gasteiger partial charge in [0.25, 0.3) is 0 Å². The quantitative estimate of drug-likeness (QED) is 0.694. The molecular formula is C11H17NO3. The maximum absolute atomic E-state index is 11.8. The molecule has 1 aliphatic carbocycles. The molecule has 2 fully saturated rings. The second-order valence-electron chi connectivity index (χ2n) is 4.43. The first-order chi connectivity index (χ1) is 7.22. The van der Waals surface area contributed by atoms with E-state index in [-0.39, 0.29) is 12.0 Å². The zero-order chi connectivity index (χ0) is 10.8. The molecule has 4 heteroatoms. The van der Waals surface area contributed by atoms with Crippen LogP contribution in [0, 0.1) is 11.8 Å². The Bertz CT molecular complexity index is 273. The fourth-order valence-corrected chi connectivity index (χ4v) is 2.21. The summed E-state index contributed by atoms with van der Waals surface area (Å²) in [5, 5.41) is 0. The summed E-state index contributed by atoms with van der Waals surface area (Å²) in [4.78, 5) is 24.8. The standard InChI is InChI=1S/C11H17NO3/c1-15-11(14)12-6-2-3-9(7-12)10(13)8-4-5-8/h8-9H,2-7H2,1H3. The lowest BCUT2D eigenvalue weighted by molar-refractivity contribution is -0.125. The van der Waals surface area contributed by atoms with E-state index in [0.717, 1.165) is 32.2 Å². The number of carbonyl (C=O) groups is 2. The van der Waals surface area contributed by atoms with E-state index in [4.69, 9.17) is 0 Å². The van der Waals surface area contributed by atoms with Crippen LogP contribution in [0.25, 0.3) is 0 Å². The molecule has 0 aromatic carbocycles. The number of carbonyl (C=O) groups excluding carboxylic acids is 2. The average molecular weight is 211 g/mol. The third kappa shape index (κ3) is 2.30. The van der Waals surface area contributed by atoms with E-state index in [1.807, 2.05) is 0 Å². The van der Waals surface area contributed by atoms with Crippen molar-refractivity contribution in [2.24, 2.45) is 11.8 Å². The Hall–Kier alpha value is -1.06. The van der Waals surface area contributed by atoms with Gasteiger partial charge in [0.2, 0.25) is 0 Å². The zero-order valence-corrected chi connectivity index (χ0v) is 9.07. The van der Waals surface area contributed by atoms with E-state index in [1.165, 1.54) is 7.11 Å². The first-order valence-electron chi connectivity index (χ1n) is 5.59. The van der Waals surface area contributed by atoms with Crippen LogP contribution in [0.5, 0.6) is 0 Å². The molecule has 15 heavy (non-hydrogen) atoms. The van der Waals surface area contributed by atoms with Crippen LogP contribution in [0.15, 0.2) is 0 Å². The number of ether oxygens (including phenoxy) is 1. The number of hydrogen-bond acceptors (Lipinski definition) is 3. The molecule has 0 N–H and O–H groups in total. The number of amides is 1. The van der Waals surface area contributed by atoms with Crippen LogP contribution < -0.4 is 0 Å². The van der Waals surface area contributed by atoms with Crippen molar-refractivity contribution in [2.45, 2.75) is 25.7 Å². The van der Waals surface area contributed by atoms with Crippen molar-refractivity contribution < 1.29 is 14.3 Å². The van der Waals surface area contributed by atoms with Gasteiger partial charge < -0.3 is 9.64 Å². The van der Waals surface area contributed by atoms with Gasteiger partial charge in [-0.25, -0.2) is 4.79 Å². The lowest BCUT2D eigenvalue weighted by Gasteiger charge is -2.30. The Labute approximate surface area is 89.6 Å². The molecule has 0 spiro atoms. The maximum atomic E-state index is 11.8. The van der Waals surface area contributed by atoms with Crippen molar-refractivity contribution in [3.05, 3.63) is 0 Å². The van der Waals surface area contributed by atoms with Gasteiger partial charge in [0.1, 0.15) is 5.78 Å². The molecular weight excluding hydrogens is 194 g/mol. The van der Waals surface area contributed by atoms with Crippen molar-refractivity contribution >= 4 is 11.9 Å². The lowest BCUT2D eigenvalue weighted by Crippen LogP contribution is -2.42. The topological polar surface area (TPSA) is 46.6 Å². The molecule has 1 aliphatic heterocycles. The molecule has 4 nitrogen and oxygen atoms in total. The van der Waals surface area contributed by atoms with E-state index in [0.29, 0.717) is 18.2 Å². The lowest BCUT2D eigenvalue weighted by atomic mass is 9.92. The van der Waals surface area contributed by atoms with Gasteiger partial charge in [-0.1, -0.05) is 0 Å². The number of hydrogen-bond donors (Lipinski definition) is 0. The van der Waals surface area contributed by atoms with Gasteiger partial charge in [-0.15, -0.1) is 0 Å². The van der Waals surface area contributed by atoms with Crippen LogP contribution in [-0.4, -0.2) is 37.0 Å². The molecule has 1 saturated heterocycles. The number of piperidine rings is 1. The van der Waals surface area contributed by atoms with E-state index in [2.05, 4.69) is 4.74 Å². The number of rotatable bonds is 2. The monoisotopic (exact) mass is 211 g/mol. The third-order valence-corrected chi connectivity index (χ3v) is 3.24. The summed E-state index contributed by atoms with van der Waals surface area (Å²) < 4.78 is 4.67. The molecule has 2 rings (SSSR count). The highest BCUT2D eigenvalue weighted by Crippen LogP contribution is 2.34. The Morgan fingerprint density at radius 1 is 1.20 bits per heavy atom. The Morgan fingerprint density at radius 3 is 2.53 bits per heavy atom. The van der Waals surface area contributed by atoms with Crippen LogP contribution in [0.1, 0.15) is 25.7 Å². The average Bonchev–Trinajstić information content (AvgIpc) is 3.11. The highest BCUT2D eigenvalue weighted by atomic mass is 16.5. The Morgan fingerprint density at radius 2 is 1.93 bits per heavy atom. The second kappa shape index (κ2) is 4.21. The van der Waals surface area contributed by atoms with Gasteiger partial charge in [-0.05, 0) is 25.7 Å². The highest BCUT2D eigenvalue weighted by molar-refractivity contribution is 5.86. The first-order valence-corrected chi connectivity index (χ1v) is 5.59. The van der Waals surface area contributed by atoms with Gasteiger partial charge in [-0.2, -0.15) is 0 Å². The molecule has 1 amide bonds. The van der Waals surface area contributed by atoms with Crippen molar-refractivity contribution in [1.29, 1.82) is 0 Å². The second-order valence-corrected chi connectivity index (χ2v) is 4.43. The van der Waals surface area contributed by atoms with Crippen LogP contribution in [0.4, 0.5) is 4.79 Å². The van der Waals surface area contributed by atoms with Crippen LogP contribution in [0.3, 0.4) is 0 Å². The Balaban J connectivity index is 1.91. The molecule has 1 unspecified atom stereocenters. The van der Waals surface area contributed by atoms with Crippen molar-refractivity contribution in [3.63, 3.8) is 0 Å². The summed E-state index contributed by atoms with van der Waals surface area (Å²) in [6, 6.07) is 0. The molecule has 1 atom stereocenters. The fourth-order valence-electron chi connectivity index (χ4n) is 2.21. The largest absolute Gasteiger partial charge is 0.453 e. The molecule has 1 saturated carbocycles. The van der Waals surface area contributed by atoms with E-state index < -0.39 is 0 Å². The minimum atomic E-state index is -0.303. The van der Waals surface area contributed by atoms with Crippen LogP contribution in [0.2, 0.25) is 0 Å². The van der Waals surface area contributed by atoms with Gasteiger partial charge >= 0.3 is 6.09 Å². The molecule has 1 heterocycles. The molecule has 2 aliphatic rings. The minimum absolute atomic E-state index is 0.0605. The summed E-state index contributed by atoms with van der Waals surface area (Å²) in [5.41, 5.74) is 0. The number of Topliss-reactive ketones (excluding diaryl/α,β-unsaturated/α-hetero) is 1. The molecule has 0 radical (unpaired) electrons. The molecule has 0 aromatic rings. The van der Waals surface area contributed by atoms with Gasteiger partial charge in [0, 0.05) is 24.9 Å². The van der Waals surface area contributed by atoms with Crippen LogP contribution >= 0.6 is 0 Å². The van der Waals surface area contributed by atoms with E-state index in [1.54, 1.807) is 4.90 Å². The normalized spacial score (nSPS) is 26.2. The highest BCUT2D eigenvalue weighted by Gasteiger charge is 2.37. The first kappa shape index (κ1) is 10.5. The van der Waals surface area contributed by atoms with Crippen molar-refractivity contribution in [1.82, 2.24) is 4.90 Å². The summed E-state index contributed by atoms with van der Waals surface area (Å²) in [7, 11) is 1.38. The number of ketones is 1. The van der Waals surface area contributed by atoms with Crippen molar-refractivity contribution in [3.8, 4) is 0 Å². The number of nitrogens with zero attached hydrogens (tertiary/aromatic N) is 1. The van der Waals surface area contributed by atoms with Crippen molar-refractivity contribution in [2.75, 3.05) is 20.2 Å². The van der Waals surface area contributed by atoms with E-state index in [9.17, 15) is 9.59 Å². The summed E-state index contributed by atoms with van der Waals surface area (Å²) in [6.07, 6.45) is 3.64. The predicted octanol–water partition coefficient (Wildman–Crippen LogP) is 1.44. The summed E-state index contributed by atoms with van der Waals surface area (Å²) in [6.45, 7) is 1.28. The summed E-state index contributed by atoms with van der Waals surface area (Å²) in [5.74, 6) is 0.724. The van der Waals surface area contributed by atoms with Gasteiger partial charge in [0.05, 0.1) is 7.11 Å². The Kier molecular flexibility index (Phi) is 2.93. The molecule has 0 bridgehead atoms. The zero-order valence-electron chi connectivity index (χ0n) is 9.07. The van der Waals surface area contributed by atoms with Gasteiger partial charge in [-0.3, -0.25) is 4.79 Å². The predicted molar refractivity (Wildman–Crippen MR) is 54.4 cm³/mol. The van der Waals surface area contributed by atoms with Gasteiger partial charge in [0.15, 0.2) is 0 Å². The minimum Gasteiger partial charge on any atom is -0.453 e. The van der Waals surface area contributed by atoms with E-state index >= 15 is 0 Å². The molecule has 84 valence electrons. The number of methoxy groups -OCH3 is 1. The smallest absolute Gasteiger partial charge is 0.409 e. The summed E-state index contributed by atoms with van der Waals surface area (Å²) >= 11 is 0. The van der Waals surface area contributed by atoms with Crippen LogP contribution in [-0.2, 0) is 9.53 Å². The third-order valence-electron chi connectivity index (χ3n) is 3.24. The molecule has 0 aromatic heterocycles. The fraction of sp³-hybridized carbons (Fsp3) is 0.818. The maximum Gasteiger partial charge on any atom is 0.409 e. The SMILES string of the molecule is COC(=O)N1CCCC(C(=O)C2CC2)C1. The number of likely N-dealkylation sites (tertiary alicyclic amines) is 1.